The van der Waals surface area contributed by atoms with Crippen LogP contribution in [0.4, 0.5) is 0 Å². The molecule has 0 atom stereocenters. The molecule has 0 N–H and O–H groups in total. The first-order valence-corrected chi connectivity index (χ1v) is 9.73. The van der Waals surface area contributed by atoms with Crippen LogP contribution >= 0.6 is 15.9 Å². The van der Waals surface area contributed by atoms with Crippen LogP contribution in [0.15, 0.2) is 52.1 Å². The van der Waals surface area contributed by atoms with Crippen molar-refractivity contribution in [1.82, 2.24) is 28.9 Å². The van der Waals surface area contributed by atoms with Gasteiger partial charge in [-0.3, -0.25) is 4.79 Å². The Morgan fingerprint density at radius 1 is 1.18 bits per heavy atom. The second-order valence-corrected chi connectivity index (χ2v) is 7.91. The lowest BCUT2D eigenvalue weighted by Crippen LogP contribution is -2.20. The highest BCUT2D eigenvalue weighted by Crippen LogP contribution is 2.33. The lowest BCUT2D eigenvalue weighted by Gasteiger charge is -2.09. The molecule has 0 fully saturated rings. The second kappa shape index (κ2) is 6.27. The first-order valence-electron chi connectivity index (χ1n) is 8.93. The molecule has 0 bridgehead atoms. The van der Waals surface area contributed by atoms with Crippen LogP contribution < -0.4 is 5.56 Å². The zero-order valence-electron chi connectivity index (χ0n) is 15.4. The quantitative estimate of drug-likeness (QED) is 0.426. The Hall–Kier alpha value is -3.00. The number of rotatable bonds is 2. The normalized spacial score (nSPS) is 12.2. The molecule has 0 unspecified atom stereocenters. The number of pyridine rings is 1. The Kier molecular flexibility index (Phi) is 3.83. The van der Waals surface area contributed by atoms with Crippen LogP contribution in [-0.4, -0.2) is 28.9 Å². The molecule has 1 aliphatic heterocycles. The van der Waals surface area contributed by atoms with Crippen molar-refractivity contribution in [3.05, 3.63) is 80.5 Å². The second-order valence-electron chi connectivity index (χ2n) is 6.99. The molecule has 0 radical (unpaired) electrons. The highest BCUT2D eigenvalue weighted by atomic mass is 79.9. The predicted molar refractivity (Wildman–Crippen MR) is 109 cm³/mol. The molecule has 0 saturated heterocycles. The zero-order valence-corrected chi connectivity index (χ0v) is 17.0. The first kappa shape index (κ1) is 17.1. The fraction of sp³-hybridized carbons (Fsp3) is 0.200. The smallest absolute Gasteiger partial charge is 0.250 e. The Labute approximate surface area is 169 Å². The van der Waals surface area contributed by atoms with Crippen LogP contribution in [0.3, 0.4) is 0 Å². The lowest BCUT2D eigenvalue weighted by molar-refractivity contribution is 0.641. The highest BCUT2D eigenvalue weighted by Gasteiger charge is 2.24. The fourth-order valence-electron chi connectivity index (χ4n) is 3.59. The molecule has 0 aliphatic carbocycles. The van der Waals surface area contributed by atoms with E-state index < -0.39 is 0 Å². The lowest BCUT2D eigenvalue weighted by atomic mass is 10.1. The molecule has 0 amide bonds. The van der Waals surface area contributed by atoms with Gasteiger partial charge < -0.3 is 9.13 Å². The minimum absolute atomic E-state index is 0.0624. The van der Waals surface area contributed by atoms with Crippen molar-refractivity contribution in [2.75, 3.05) is 0 Å². The number of hydrogen-bond donors (Lipinski definition) is 0. The Balaban J connectivity index is 1.67. The topological polar surface area (TPSA) is 70.5 Å². The van der Waals surface area contributed by atoms with E-state index in [-0.39, 0.29) is 5.56 Å². The molecule has 1 aromatic carbocycles. The highest BCUT2D eigenvalue weighted by molar-refractivity contribution is 9.10. The maximum atomic E-state index is 12.2. The average molecular weight is 437 g/mol. The van der Waals surface area contributed by atoms with Crippen molar-refractivity contribution >= 4 is 15.9 Å². The molecule has 140 valence electrons. The monoisotopic (exact) mass is 436 g/mol. The third-order valence-corrected chi connectivity index (χ3v) is 5.49. The molecule has 3 aromatic heterocycles. The van der Waals surface area contributed by atoms with Crippen molar-refractivity contribution < 1.29 is 0 Å². The fourth-order valence-corrected chi connectivity index (χ4v) is 3.95. The predicted octanol–water partition coefficient (Wildman–Crippen LogP) is 3.08. The van der Waals surface area contributed by atoms with Gasteiger partial charge in [0, 0.05) is 22.3 Å². The van der Waals surface area contributed by atoms with Crippen LogP contribution in [-0.2, 0) is 13.1 Å². The molecule has 4 heterocycles. The molecule has 7 nitrogen and oxygen atoms in total. The van der Waals surface area contributed by atoms with Crippen molar-refractivity contribution in [1.29, 1.82) is 0 Å². The van der Waals surface area contributed by atoms with E-state index in [2.05, 4.69) is 31.5 Å². The maximum absolute atomic E-state index is 12.2. The van der Waals surface area contributed by atoms with E-state index in [4.69, 9.17) is 10.1 Å². The molecule has 1 aliphatic rings. The number of aryl methyl sites for hydroxylation is 2. The van der Waals surface area contributed by atoms with Crippen molar-refractivity contribution in [3.8, 4) is 17.1 Å². The van der Waals surface area contributed by atoms with Gasteiger partial charge in [0.25, 0.3) is 5.56 Å². The summed E-state index contributed by atoms with van der Waals surface area (Å²) in [6.45, 7) is 4.87. The summed E-state index contributed by atoms with van der Waals surface area (Å²) in [7, 11) is 0. The van der Waals surface area contributed by atoms with Crippen LogP contribution in [0.25, 0.3) is 17.1 Å². The summed E-state index contributed by atoms with van der Waals surface area (Å²) < 4.78 is 6.60. The van der Waals surface area contributed by atoms with E-state index in [1.165, 1.54) is 0 Å². The minimum atomic E-state index is -0.0624. The molecular formula is C20H17BrN6O. The number of imidazole rings is 1. The summed E-state index contributed by atoms with van der Waals surface area (Å²) in [6, 6.07) is 9.50. The van der Waals surface area contributed by atoms with E-state index in [0.717, 1.165) is 38.5 Å². The van der Waals surface area contributed by atoms with Crippen LogP contribution in [0.5, 0.6) is 0 Å². The first-order chi connectivity index (χ1) is 13.5. The summed E-state index contributed by atoms with van der Waals surface area (Å²) in [5.74, 6) is 1.40. The van der Waals surface area contributed by atoms with Crippen molar-refractivity contribution in [3.63, 3.8) is 0 Å². The van der Waals surface area contributed by atoms with Crippen LogP contribution in [0.2, 0.25) is 0 Å². The number of fused-ring (bicyclic) bond motifs is 5. The van der Waals surface area contributed by atoms with Gasteiger partial charge in [-0.1, -0.05) is 22.0 Å². The van der Waals surface area contributed by atoms with E-state index in [9.17, 15) is 4.79 Å². The standard InChI is InChI=1S/C20H17BrN6O/c1-12-3-6-19(28)25(8-12)10-18-23-20-15-7-14(21)4-5-16(15)26-11-22-13(2)17(26)9-27(20)24-18/h3-8,11H,9-10H2,1-2H3. The number of benzene rings is 1. The summed E-state index contributed by atoms with van der Waals surface area (Å²) in [5.41, 5.74) is 4.99. The van der Waals surface area contributed by atoms with E-state index in [0.29, 0.717) is 18.9 Å². The number of halogens is 1. The summed E-state index contributed by atoms with van der Waals surface area (Å²) in [6.07, 6.45) is 3.68. The van der Waals surface area contributed by atoms with Gasteiger partial charge in [0.15, 0.2) is 11.6 Å². The molecule has 5 rings (SSSR count). The number of hydrogen-bond acceptors (Lipinski definition) is 4. The largest absolute Gasteiger partial charge is 0.308 e. The molecule has 28 heavy (non-hydrogen) atoms. The molecule has 8 heteroatoms. The van der Waals surface area contributed by atoms with Crippen LogP contribution in [0.1, 0.15) is 22.8 Å². The summed E-state index contributed by atoms with van der Waals surface area (Å²) in [5, 5.41) is 4.71. The summed E-state index contributed by atoms with van der Waals surface area (Å²) >= 11 is 3.56. The molecular weight excluding hydrogens is 420 g/mol. The Morgan fingerprint density at radius 2 is 2.04 bits per heavy atom. The van der Waals surface area contributed by atoms with Gasteiger partial charge in [-0.15, -0.1) is 0 Å². The maximum Gasteiger partial charge on any atom is 0.250 e. The summed E-state index contributed by atoms with van der Waals surface area (Å²) in [4.78, 5) is 21.4. The third-order valence-electron chi connectivity index (χ3n) is 4.99. The molecule has 4 aromatic rings. The number of aromatic nitrogens is 6. The van der Waals surface area contributed by atoms with Crippen molar-refractivity contribution in [2.45, 2.75) is 26.9 Å². The molecule has 0 spiro atoms. The Bertz CT molecular complexity index is 1280. The van der Waals surface area contributed by atoms with Gasteiger partial charge in [-0.25, -0.2) is 14.6 Å². The van der Waals surface area contributed by atoms with Gasteiger partial charge in [-0.2, -0.15) is 5.10 Å². The van der Waals surface area contributed by atoms with Gasteiger partial charge in [0.05, 0.1) is 36.5 Å². The van der Waals surface area contributed by atoms with Crippen molar-refractivity contribution in [2.24, 2.45) is 0 Å². The average Bonchev–Trinajstić information content (AvgIpc) is 3.19. The van der Waals surface area contributed by atoms with Gasteiger partial charge >= 0.3 is 0 Å². The molecule has 0 saturated carbocycles. The Morgan fingerprint density at radius 3 is 2.89 bits per heavy atom. The van der Waals surface area contributed by atoms with Gasteiger partial charge in [-0.05, 0) is 37.6 Å². The third kappa shape index (κ3) is 2.72. The van der Waals surface area contributed by atoms with E-state index in [1.807, 2.05) is 49.3 Å². The zero-order chi connectivity index (χ0) is 19.4. The van der Waals surface area contributed by atoms with Gasteiger partial charge in [0.1, 0.15) is 0 Å². The number of nitrogens with zero attached hydrogens (tertiary/aromatic N) is 6. The minimum Gasteiger partial charge on any atom is -0.308 e. The van der Waals surface area contributed by atoms with Crippen LogP contribution in [0, 0.1) is 13.8 Å². The van der Waals surface area contributed by atoms with E-state index >= 15 is 0 Å². The van der Waals surface area contributed by atoms with E-state index in [1.54, 1.807) is 10.6 Å². The van der Waals surface area contributed by atoms with Gasteiger partial charge in [0.2, 0.25) is 0 Å². The SMILES string of the molecule is Cc1ccc(=O)n(Cc2nc3n(n2)Cc2c(C)ncn2-c2ccc(Br)cc2-3)c1.